The zero-order valence-electron chi connectivity index (χ0n) is 29.4. The van der Waals surface area contributed by atoms with E-state index in [4.69, 9.17) is 9.60 Å². The van der Waals surface area contributed by atoms with Gasteiger partial charge in [-0.2, -0.15) is 0 Å². The second kappa shape index (κ2) is 9.22. The Morgan fingerprint density at radius 3 is 1.80 bits per heavy atom. The smallest absolute Gasteiger partial charge is 0.0622 e. The second-order valence-electron chi connectivity index (χ2n) is 9.89. The Morgan fingerprint density at radius 1 is 0.350 bits per heavy atom. The van der Waals surface area contributed by atoms with Crippen molar-refractivity contribution >= 4 is 43.1 Å². The fourth-order valence-electron chi connectivity index (χ4n) is 6.00. The van der Waals surface area contributed by atoms with Crippen LogP contribution in [0.5, 0.6) is 0 Å². The lowest BCUT2D eigenvalue weighted by Crippen LogP contribution is -1.92. The van der Waals surface area contributed by atoms with Gasteiger partial charge in [-0.1, -0.05) is 151 Å². The summed E-state index contributed by atoms with van der Waals surface area (Å²) in [6.07, 6.45) is 0. The Balaban J connectivity index is 1.53. The minimum atomic E-state index is -0.493. The van der Waals surface area contributed by atoms with Crippen molar-refractivity contribution < 1.29 is 11.0 Å². The number of hydrogen-bond acceptors (Lipinski definition) is 0. The van der Waals surface area contributed by atoms with E-state index in [1.54, 1.807) is 0 Å². The maximum atomic E-state index is 9.24. The molecule has 0 nitrogen and oxygen atoms in total. The van der Waals surface area contributed by atoms with Gasteiger partial charge in [0, 0.05) is 0 Å². The molecule has 0 aliphatic rings. The molecule has 186 valence electrons. The van der Waals surface area contributed by atoms with Crippen LogP contribution in [0.3, 0.4) is 0 Å². The van der Waals surface area contributed by atoms with E-state index in [0.29, 0.717) is 32.7 Å². The molecule has 8 aromatic carbocycles. The standard InChI is InChI=1S/C40H26/c1-2-13-28(14-3-1)39-35-16-6-8-18-37(35)40(38-19-9-7-17-36(38)39)34-23-11-21-32-31(20-10-22-33(32)34)30-25-24-27-12-4-5-15-29(27)26-30/h1-26H/i1D,2D,3D,6D,8D,13D,14D,18D. The maximum Gasteiger partial charge on any atom is 0.0629 e. The third-order valence-electron chi connectivity index (χ3n) is 7.73. The van der Waals surface area contributed by atoms with E-state index in [0.717, 1.165) is 38.2 Å². The molecule has 0 aliphatic carbocycles. The van der Waals surface area contributed by atoms with Crippen LogP contribution in [0.1, 0.15) is 11.0 Å². The molecule has 0 saturated heterocycles. The summed E-state index contributed by atoms with van der Waals surface area (Å²) in [5.74, 6) is 0. The Morgan fingerprint density at radius 2 is 0.975 bits per heavy atom. The third-order valence-corrected chi connectivity index (χ3v) is 7.73. The van der Waals surface area contributed by atoms with E-state index in [2.05, 4.69) is 42.5 Å². The van der Waals surface area contributed by atoms with Crippen molar-refractivity contribution in [3.05, 3.63) is 158 Å². The predicted octanol–water partition coefficient (Wildman–Crippen LogP) is 11.3. The van der Waals surface area contributed by atoms with Gasteiger partial charge in [-0.25, -0.2) is 0 Å². The first-order chi connectivity index (χ1) is 23.2. The van der Waals surface area contributed by atoms with Crippen LogP contribution in [0.2, 0.25) is 0 Å². The highest BCUT2D eigenvalue weighted by molar-refractivity contribution is 6.24. The zero-order valence-corrected chi connectivity index (χ0v) is 21.4. The van der Waals surface area contributed by atoms with E-state index in [1.165, 1.54) is 6.07 Å². The van der Waals surface area contributed by atoms with Crippen molar-refractivity contribution in [2.75, 3.05) is 0 Å². The molecule has 8 aromatic rings. The SMILES string of the molecule is [2H]c1cc2c(-c3c([2H])c([2H])c([2H])c([2H])c3[2H])c3ccccc3c(-c3cccc4c(-c5ccc6ccccc6c5)cccc34)c2c([2H])c1[2H]. The minimum absolute atomic E-state index is 0.00166. The Labute approximate surface area is 245 Å². The molecule has 0 heteroatoms. The zero-order chi connectivity index (χ0) is 33.4. The fourth-order valence-corrected chi connectivity index (χ4v) is 6.00. The van der Waals surface area contributed by atoms with Gasteiger partial charge in [-0.3, -0.25) is 0 Å². The van der Waals surface area contributed by atoms with Crippen LogP contribution in [-0.2, 0) is 0 Å². The van der Waals surface area contributed by atoms with E-state index in [-0.39, 0.29) is 35.8 Å². The molecule has 0 atom stereocenters. The van der Waals surface area contributed by atoms with Crippen molar-refractivity contribution in [3.8, 4) is 33.4 Å². The van der Waals surface area contributed by atoms with Gasteiger partial charge in [0.15, 0.2) is 0 Å². The Bertz CT molecular complexity index is 2630. The summed E-state index contributed by atoms with van der Waals surface area (Å²) < 4.78 is 69.2. The molecule has 0 N–H and O–H groups in total. The number of hydrogen-bond donors (Lipinski definition) is 0. The fraction of sp³-hybridized carbons (Fsp3) is 0. The molecular formula is C40H26. The molecule has 0 amide bonds. The number of rotatable bonds is 3. The van der Waals surface area contributed by atoms with Crippen LogP contribution < -0.4 is 0 Å². The average Bonchev–Trinajstić information content (AvgIpc) is 3.11. The molecule has 0 fully saturated rings. The molecular weight excluding hydrogens is 480 g/mol. The lowest BCUT2D eigenvalue weighted by Gasteiger charge is -2.19. The molecule has 0 unspecified atom stereocenters. The van der Waals surface area contributed by atoms with Crippen molar-refractivity contribution in [1.82, 2.24) is 0 Å². The molecule has 0 aliphatic heterocycles. The topological polar surface area (TPSA) is 0 Å². The van der Waals surface area contributed by atoms with Gasteiger partial charge < -0.3 is 0 Å². The highest BCUT2D eigenvalue weighted by atomic mass is 14.2. The molecule has 0 spiro atoms. The van der Waals surface area contributed by atoms with Gasteiger partial charge in [0.1, 0.15) is 0 Å². The molecule has 0 heterocycles. The van der Waals surface area contributed by atoms with E-state index in [1.807, 2.05) is 60.7 Å². The van der Waals surface area contributed by atoms with Gasteiger partial charge in [-0.05, 0) is 82.5 Å². The Hall–Kier alpha value is -5.20. The Kier molecular flexibility index (Phi) is 3.70. The van der Waals surface area contributed by atoms with E-state index < -0.39 is 18.1 Å². The van der Waals surface area contributed by atoms with Crippen LogP contribution in [-0.4, -0.2) is 0 Å². The minimum Gasteiger partial charge on any atom is -0.0622 e. The first kappa shape index (κ1) is 16.0. The van der Waals surface area contributed by atoms with Gasteiger partial charge in [0.25, 0.3) is 0 Å². The monoisotopic (exact) mass is 514 g/mol. The van der Waals surface area contributed by atoms with Crippen molar-refractivity contribution in [1.29, 1.82) is 0 Å². The highest BCUT2D eigenvalue weighted by Crippen LogP contribution is 2.46. The predicted molar refractivity (Wildman–Crippen MR) is 173 cm³/mol. The average molecular weight is 515 g/mol. The van der Waals surface area contributed by atoms with Gasteiger partial charge >= 0.3 is 0 Å². The second-order valence-corrected chi connectivity index (χ2v) is 9.89. The van der Waals surface area contributed by atoms with E-state index >= 15 is 0 Å². The quantitative estimate of drug-likeness (QED) is 0.206. The summed E-state index contributed by atoms with van der Waals surface area (Å²) >= 11 is 0. The van der Waals surface area contributed by atoms with Gasteiger partial charge in [-0.15, -0.1) is 0 Å². The summed E-state index contributed by atoms with van der Waals surface area (Å²) in [4.78, 5) is 0. The molecule has 0 radical (unpaired) electrons. The van der Waals surface area contributed by atoms with Gasteiger partial charge in [0.2, 0.25) is 0 Å². The van der Waals surface area contributed by atoms with Crippen LogP contribution in [0.15, 0.2) is 158 Å². The summed E-state index contributed by atoms with van der Waals surface area (Å²) in [5, 5.41) is 6.34. The molecule has 0 bridgehead atoms. The number of benzene rings is 8. The van der Waals surface area contributed by atoms with Crippen LogP contribution in [0, 0.1) is 0 Å². The largest absolute Gasteiger partial charge is 0.0629 e. The number of fused-ring (bicyclic) bond motifs is 4. The van der Waals surface area contributed by atoms with Crippen molar-refractivity contribution in [2.24, 2.45) is 0 Å². The van der Waals surface area contributed by atoms with Crippen molar-refractivity contribution in [2.45, 2.75) is 0 Å². The summed E-state index contributed by atoms with van der Waals surface area (Å²) in [6, 6.07) is 33.1. The van der Waals surface area contributed by atoms with E-state index in [9.17, 15) is 1.37 Å². The van der Waals surface area contributed by atoms with Crippen LogP contribution in [0.4, 0.5) is 0 Å². The summed E-state index contributed by atoms with van der Waals surface area (Å²) in [6.45, 7) is 0. The summed E-state index contributed by atoms with van der Waals surface area (Å²) in [5.41, 5.74) is 3.98. The first-order valence-electron chi connectivity index (χ1n) is 17.2. The van der Waals surface area contributed by atoms with Crippen LogP contribution in [0.25, 0.3) is 76.5 Å². The lowest BCUT2D eigenvalue weighted by atomic mass is 9.84. The maximum absolute atomic E-state index is 9.24. The molecule has 8 rings (SSSR count). The highest BCUT2D eigenvalue weighted by Gasteiger charge is 2.18. The first-order valence-corrected chi connectivity index (χ1v) is 13.2. The van der Waals surface area contributed by atoms with Gasteiger partial charge in [0.05, 0.1) is 11.0 Å². The summed E-state index contributed by atoms with van der Waals surface area (Å²) in [7, 11) is 0. The van der Waals surface area contributed by atoms with Crippen LogP contribution >= 0.6 is 0 Å². The molecule has 40 heavy (non-hydrogen) atoms. The molecule has 0 saturated carbocycles. The molecule has 0 aromatic heterocycles. The normalized spacial score (nSPS) is 14.3. The van der Waals surface area contributed by atoms with Crippen molar-refractivity contribution in [3.63, 3.8) is 0 Å². The lowest BCUT2D eigenvalue weighted by molar-refractivity contribution is 1.65. The third kappa shape index (κ3) is 3.54.